The maximum atomic E-state index is 13.9. The topological polar surface area (TPSA) is 74.6 Å². The van der Waals surface area contributed by atoms with Crippen molar-refractivity contribution in [3.05, 3.63) is 78.3 Å². The quantitative estimate of drug-likeness (QED) is 0.633. The lowest BCUT2D eigenvalue weighted by Gasteiger charge is -2.31. The lowest BCUT2D eigenvalue weighted by atomic mass is 10.0. The van der Waals surface area contributed by atoms with Crippen LogP contribution in [0.25, 0.3) is 11.3 Å². The Hall–Kier alpha value is -3.45. The van der Waals surface area contributed by atoms with E-state index in [2.05, 4.69) is 15.5 Å². The second-order valence-corrected chi connectivity index (χ2v) is 7.58. The predicted molar refractivity (Wildman–Crippen MR) is 116 cm³/mol. The minimum Gasteiger partial charge on any atom is -0.451 e. The third kappa shape index (κ3) is 5.38. The van der Waals surface area contributed by atoms with Crippen molar-refractivity contribution >= 4 is 17.5 Å². The van der Waals surface area contributed by atoms with Crippen molar-refractivity contribution in [2.45, 2.75) is 18.9 Å². The molecule has 7 heteroatoms. The number of amides is 2. The summed E-state index contributed by atoms with van der Waals surface area (Å²) in [5, 5.41) is 5.86. The first-order valence-electron chi connectivity index (χ1n) is 10.3. The number of rotatable bonds is 6. The number of furan rings is 1. The molecule has 0 bridgehead atoms. The normalized spacial score (nSPS) is 14.9. The number of nitrogens with one attached hydrogen (secondary N) is 2. The van der Waals surface area contributed by atoms with Gasteiger partial charge in [-0.05, 0) is 49.2 Å². The van der Waals surface area contributed by atoms with Gasteiger partial charge in [0.15, 0.2) is 5.76 Å². The highest BCUT2D eigenvalue weighted by Gasteiger charge is 2.24. The molecule has 1 aliphatic heterocycles. The molecule has 0 atom stereocenters. The van der Waals surface area contributed by atoms with E-state index in [0.717, 1.165) is 18.5 Å². The number of nitrogens with zero attached hydrogens (tertiary/aromatic N) is 1. The second kappa shape index (κ2) is 9.57. The zero-order valence-corrected chi connectivity index (χ0v) is 17.0. The zero-order chi connectivity index (χ0) is 21.6. The molecule has 4 rings (SSSR count). The first-order valence-corrected chi connectivity index (χ1v) is 10.3. The van der Waals surface area contributed by atoms with Crippen LogP contribution in [-0.2, 0) is 4.79 Å². The molecule has 0 saturated carbocycles. The van der Waals surface area contributed by atoms with E-state index >= 15 is 0 Å². The van der Waals surface area contributed by atoms with Gasteiger partial charge < -0.3 is 15.1 Å². The molecule has 2 aromatic carbocycles. The lowest BCUT2D eigenvalue weighted by molar-refractivity contribution is -0.117. The van der Waals surface area contributed by atoms with Gasteiger partial charge >= 0.3 is 0 Å². The molecule has 0 aliphatic carbocycles. The van der Waals surface area contributed by atoms with Gasteiger partial charge in [-0.15, -0.1) is 0 Å². The predicted octanol–water partition coefficient (Wildman–Crippen LogP) is 3.92. The molecule has 0 radical (unpaired) electrons. The van der Waals surface area contributed by atoms with Crippen molar-refractivity contribution < 1.29 is 18.4 Å². The number of benzene rings is 2. The van der Waals surface area contributed by atoms with Crippen LogP contribution < -0.4 is 10.6 Å². The van der Waals surface area contributed by atoms with E-state index in [1.54, 1.807) is 30.3 Å². The Labute approximate surface area is 180 Å². The Kier molecular flexibility index (Phi) is 6.43. The summed E-state index contributed by atoms with van der Waals surface area (Å²) in [4.78, 5) is 26.8. The van der Waals surface area contributed by atoms with Gasteiger partial charge in [0.2, 0.25) is 5.91 Å². The minimum absolute atomic E-state index is 0.00273. The average molecular weight is 421 g/mol. The standard InChI is InChI=1S/C24H24FN3O3/c25-20-9-5-4-8-19(20)21-10-11-22(31-21)24(30)27-18-12-14-28(15-13-18)16-23(29)26-17-6-2-1-3-7-17/h1-11,18H,12-16H2,(H,26,29)(H,27,30). The van der Waals surface area contributed by atoms with Crippen LogP contribution >= 0.6 is 0 Å². The second-order valence-electron chi connectivity index (χ2n) is 7.58. The van der Waals surface area contributed by atoms with Crippen LogP contribution in [0.3, 0.4) is 0 Å². The van der Waals surface area contributed by atoms with Crippen LogP contribution in [0.4, 0.5) is 10.1 Å². The Balaban J connectivity index is 1.25. The van der Waals surface area contributed by atoms with Gasteiger partial charge in [0.1, 0.15) is 11.6 Å². The Morgan fingerprint density at radius 2 is 1.68 bits per heavy atom. The van der Waals surface area contributed by atoms with E-state index in [1.165, 1.54) is 6.07 Å². The highest BCUT2D eigenvalue weighted by molar-refractivity contribution is 5.93. The fourth-order valence-electron chi connectivity index (χ4n) is 3.68. The maximum Gasteiger partial charge on any atom is 0.287 e. The molecule has 160 valence electrons. The van der Waals surface area contributed by atoms with Crippen molar-refractivity contribution in [2.75, 3.05) is 25.0 Å². The SMILES string of the molecule is O=C(CN1CCC(NC(=O)c2ccc(-c3ccccc3F)o2)CC1)Nc1ccccc1. The number of hydrogen-bond acceptors (Lipinski definition) is 4. The molecular formula is C24H24FN3O3. The van der Waals surface area contributed by atoms with E-state index in [1.807, 2.05) is 30.3 Å². The number of halogens is 1. The largest absolute Gasteiger partial charge is 0.451 e. The average Bonchev–Trinajstić information content (AvgIpc) is 3.26. The minimum atomic E-state index is -0.396. The van der Waals surface area contributed by atoms with Gasteiger partial charge in [-0.25, -0.2) is 4.39 Å². The highest BCUT2D eigenvalue weighted by Crippen LogP contribution is 2.25. The summed E-state index contributed by atoms with van der Waals surface area (Å²) in [5.74, 6) is -0.286. The summed E-state index contributed by atoms with van der Waals surface area (Å²) in [7, 11) is 0. The van der Waals surface area contributed by atoms with E-state index in [0.29, 0.717) is 31.0 Å². The van der Waals surface area contributed by atoms with Gasteiger partial charge in [0.05, 0.1) is 12.1 Å². The molecular weight excluding hydrogens is 397 g/mol. The van der Waals surface area contributed by atoms with Crippen molar-refractivity contribution in [3.63, 3.8) is 0 Å². The first-order chi connectivity index (χ1) is 15.1. The van der Waals surface area contributed by atoms with E-state index in [-0.39, 0.29) is 23.6 Å². The molecule has 1 saturated heterocycles. The summed E-state index contributed by atoms with van der Waals surface area (Å²) in [6.07, 6.45) is 1.48. The third-order valence-corrected chi connectivity index (χ3v) is 5.32. The van der Waals surface area contributed by atoms with Crippen molar-refractivity contribution in [3.8, 4) is 11.3 Å². The summed E-state index contributed by atoms with van der Waals surface area (Å²) >= 11 is 0. The first kappa shape index (κ1) is 20.8. The molecule has 2 amide bonds. The molecule has 3 aromatic rings. The van der Waals surface area contributed by atoms with Crippen LogP contribution in [0.15, 0.2) is 71.1 Å². The van der Waals surface area contributed by atoms with Crippen LogP contribution in [0.2, 0.25) is 0 Å². The number of anilines is 1. The molecule has 2 heterocycles. The van der Waals surface area contributed by atoms with Gasteiger partial charge in [0, 0.05) is 24.8 Å². The number of carbonyl (C=O) groups excluding carboxylic acids is 2. The highest BCUT2D eigenvalue weighted by atomic mass is 19.1. The summed E-state index contributed by atoms with van der Waals surface area (Å²) < 4.78 is 19.5. The van der Waals surface area contributed by atoms with Crippen molar-refractivity contribution in [2.24, 2.45) is 0 Å². The number of para-hydroxylation sites is 1. The van der Waals surface area contributed by atoms with Crippen LogP contribution in [0.5, 0.6) is 0 Å². The molecule has 1 aliphatic rings. The summed E-state index contributed by atoms with van der Waals surface area (Å²) in [6, 6.07) is 18.8. The number of carbonyl (C=O) groups is 2. The van der Waals surface area contributed by atoms with Crippen LogP contribution in [0, 0.1) is 5.82 Å². The molecule has 1 fully saturated rings. The smallest absolute Gasteiger partial charge is 0.287 e. The van der Waals surface area contributed by atoms with Crippen LogP contribution in [0.1, 0.15) is 23.4 Å². The Bertz CT molecular complexity index is 1040. The zero-order valence-electron chi connectivity index (χ0n) is 17.0. The molecule has 0 spiro atoms. The fraction of sp³-hybridized carbons (Fsp3) is 0.250. The number of piperidine rings is 1. The van der Waals surface area contributed by atoms with Crippen molar-refractivity contribution in [1.29, 1.82) is 0 Å². The van der Waals surface area contributed by atoms with E-state index in [9.17, 15) is 14.0 Å². The molecule has 31 heavy (non-hydrogen) atoms. The number of likely N-dealkylation sites (tertiary alicyclic amines) is 1. The lowest BCUT2D eigenvalue weighted by Crippen LogP contribution is -2.46. The van der Waals surface area contributed by atoms with Gasteiger partial charge in [-0.1, -0.05) is 30.3 Å². The Morgan fingerprint density at radius 1 is 0.968 bits per heavy atom. The molecule has 1 aromatic heterocycles. The molecule has 6 nitrogen and oxygen atoms in total. The van der Waals surface area contributed by atoms with Gasteiger partial charge in [-0.2, -0.15) is 0 Å². The van der Waals surface area contributed by atoms with Crippen molar-refractivity contribution in [1.82, 2.24) is 10.2 Å². The van der Waals surface area contributed by atoms with E-state index in [4.69, 9.17) is 4.42 Å². The van der Waals surface area contributed by atoms with Gasteiger partial charge in [-0.3, -0.25) is 14.5 Å². The number of hydrogen-bond donors (Lipinski definition) is 2. The Morgan fingerprint density at radius 3 is 2.42 bits per heavy atom. The maximum absolute atomic E-state index is 13.9. The summed E-state index contributed by atoms with van der Waals surface area (Å²) in [6.45, 7) is 1.75. The van der Waals surface area contributed by atoms with E-state index < -0.39 is 5.82 Å². The molecule has 2 N–H and O–H groups in total. The monoisotopic (exact) mass is 421 g/mol. The molecule has 0 unspecified atom stereocenters. The summed E-state index contributed by atoms with van der Waals surface area (Å²) in [5.41, 5.74) is 1.10. The third-order valence-electron chi connectivity index (χ3n) is 5.32. The van der Waals surface area contributed by atoms with Gasteiger partial charge in [0.25, 0.3) is 5.91 Å². The fourth-order valence-corrected chi connectivity index (χ4v) is 3.68. The van der Waals surface area contributed by atoms with Crippen LogP contribution in [-0.4, -0.2) is 42.4 Å².